The van der Waals surface area contributed by atoms with Crippen molar-refractivity contribution < 1.29 is 27.9 Å². The van der Waals surface area contributed by atoms with Gasteiger partial charge in [0.2, 0.25) is 5.91 Å². The summed E-state index contributed by atoms with van der Waals surface area (Å²) < 4.78 is 34.3. The molecule has 10 heteroatoms. The first-order valence-corrected chi connectivity index (χ1v) is 15.9. The monoisotopic (exact) mass is 607 g/mol. The number of hydrogen-bond donors (Lipinski definition) is 1. The number of pyridine rings is 1. The lowest BCUT2D eigenvalue weighted by Crippen LogP contribution is -2.32. The topological polar surface area (TPSA) is 117 Å². The summed E-state index contributed by atoms with van der Waals surface area (Å²) in [5, 5.41) is 10.2. The maximum atomic E-state index is 14.0. The molecule has 43 heavy (non-hydrogen) atoms. The molecule has 0 aliphatic carbocycles. The third kappa shape index (κ3) is 9.15. The van der Waals surface area contributed by atoms with E-state index in [1.54, 1.807) is 49.3 Å². The van der Waals surface area contributed by atoms with Gasteiger partial charge in [-0.3, -0.25) is 14.1 Å². The number of unbranched alkanes of at least 4 members (excludes halogenated alkanes) is 5. The average molecular weight is 608 g/mol. The Hall–Kier alpha value is -4.18. The van der Waals surface area contributed by atoms with Crippen LogP contribution in [0.1, 0.15) is 72.5 Å². The fraction of sp³-hybridized carbons (Fsp3) is 0.364. The van der Waals surface area contributed by atoms with Crippen molar-refractivity contribution in [1.82, 2.24) is 9.88 Å². The van der Waals surface area contributed by atoms with Crippen LogP contribution in [0.5, 0.6) is 5.75 Å². The number of amides is 1. The Labute approximate surface area is 254 Å². The summed E-state index contributed by atoms with van der Waals surface area (Å²) in [4.78, 5) is 31.0. The van der Waals surface area contributed by atoms with Crippen LogP contribution in [0.25, 0.3) is 6.08 Å². The molecule has 0 saturated heterocycles. The van der Waals surface area contributed by atoms with E-state index < -0.39 is 16.0 Å². The Kier molecular flexibility index (Phi) is 12.3. The molecule has 0 aliphatic rings. The van der Waals surface area contributed by atoms with E-state index in [1.165, 1.54) is 69.0 Å². The van der Waals surface area contributed by atoms with Gasteiger partial charge >= 0.3 is 5.97 Å². The standard InChI is InChI=1S/C33H41N3O6S/c1-5-6-7-8-9-10-20-35(3)31(37)18-13-26-21-25(2)32(30(22-26)33(38)39)36(24-27-12-11-19-34-23-27)43(40,41)29-16-14-28(42-4)15-17-29/h11-19,21-23H,5-10,20,24H2,1-4H3,(H,38,39). The normalized spacial score (nSPS) is 11.4. The minimum Gasteiger partial charge on any atom is -0.497 e. The first-order valence-electron chi connectivity index (χ1n) is 14.4. The van der Waals surface area contributed by atoms with E-state index in [4.69, 9.17) is 4.74 Å². The minimum atomic E-state index is -4.21. The number of carbonyl (C=O) groups is 2. The molecule has 0 aliphatic heterocycles. The van der Waals surface area contributed by atoms with Crippen molar-refractivity contribution in [2.45, 2.75) is 63.8 Å². The molecular weight excluding hydrogens is 566 g/mol. The second-order valence-electron chi connectivity index (χ2n) is 10.4. The Morgan fingerprint density at radius 2 is 1.72 bits per heavy atom. The zero-order valence-corrected chi connectivity index (χ0v) is 26.1. The number of aromatic carboxylic acids is 1. The largest absolute Gasteiger partial charge is 0.497 e. The second-order valence-corrected chi connectivity index (χ2v) is 12.3. The highest BCUT2D eigenvalue weighted by Crippen LogP contribution is 2.34. The van der Waals surface area contributed by atoms with Crippen LogP contribution >= 0.6 is 0 Å². The number of ether oxygens (including phenoxy) is 1. The summed E-state index contributed by atoms with van der Waals surface area (Å²) in [5.74, 6) is -0.989. The number of hydrogen-bond acceptors (Lipinski definition) is 6. The summed E-state index contributed by atoms with van der Waals surface area (Å²) in [5.41, 5.74) is 1.32. The maximum Gasteiger partial charge on any atom is 0.337 e. The molecule has 9 nitrogen and oxygen atoms in total. The number of methoxy groups -OCH3 is 1. The summed E-state index contributed by atoms with van der Waals surface area (Å²) in [6.07, 6.45) is 12.9. The number of carbonyl (C=O) groups excluding carboxylic acids is 1. The van der Waals surface area contributed by atoms with Crippen molar-refractivity contribution in [2.75, 3.05) is 25.0 Å². The zero-order chi connectivity index (χ0) is 31.4. The van der Waals surface area contributed by atoms with E-state index in [-0.39, 0.29) is 28.6 Å². The molecule has 1 aromatic heterocycles. The first-order chi connectivity index (χ1) is 20.6. The molecule has 3 rings (SSSR count). The van der Waals surface area contributed by atoms with Gasteiger partial charge in [-0.25, -0.2) is 13.2 Å². The smallest absolute Gasteiger partial charge is 0.337 e. The number of aromatic nitrogens is 1. The molecule has 0 saturated carbocycles. The number of rotatable bonds is 16. The first kappa shape index (κ1) is 33.3. The quantitative estimate of drug-likeness (QED) is 0.149. The predicted octanol–water partition coefficient (Wildman–Crippen LogP) is 6.32. The molecule has 1 heterocycles. The van der Waals surface area contributed by atoms with Gasteiger partial charge in [0.15, 0.2) is 0 Å². The number of likely N-dealkylation sites (N-methyl/N-ethyl adjacent to an activating group) is 1. The highest BCUT2D eigenvalue weighted by molar-refractivity contribution is 7.92. The van der Waals surface area contributed by atoms with Gasteiger partial charge in [-0.1, -0.05) is 45.1 Å². The van der Waals surface area contributed by atoms with Crippen molar-refractivity contribution in [3.05, 3.63) is 89.3 Å². The van der Waals surface area contributed by atoms with Crippen molar-refractivity contribution in [3.63, 3.8) is 0 Å². The van der Waals surface area contributed by atoms with E-state index in [2.05, 4.69) is 11.9 Å². The molecule has 3 aromatic rings. The lowest BCUT2D eigenvalue weighted by molar-refractivity contribution is -0.124. The molecule has 1 N–H and O–H groups in total. The van der Waals surface area contributed by atoms with Crippen molar-refractivity contribution in [1.29, 1.82) is 0 Å². The number of benzene rings is 2. The molecule has 0 spiro atoms. The van der Waals surface area contributed by atoms with Crippen LogP contribution in [0, 0.1) is 6.92 Å². The summed E-state index contributed by atoms with van der Waals surface area (Å²) in [6.45, 7) is 4.34. The van der Waals surface area contributed by atoms with Crippen LogP contribution in [0.3, 0.4) is 0 Å². The Morgan fingerprint density at radius 3 is 2.35 bits per heavy atom. The number of carboxylic acid groups (broad SMARTS) is 1. The summed E-state index contributed by atoms with van der Waals surface area (Å²) in [6, 6.07) is 12.4. The molecule has 0 bridgehead atoms. The highest BCUT2D eigenvalue weighted by atomic mass is 32.2. The molecule has 0 atom stereocenters. The van der Waals surface area contributed by atoms with Crippen molar-refractivity contribution in [2.24, 2.45) is 0 Å². The van der Waals surface area contributed by atoms with E-state index in [1.807, 2.05) is 0 Å². The summed E-state index contributed by atoms with van der Waals surface area (Å²) >= 11 is 0. The van der Waals surface area contributed by atoms with Crippen LogP contribution in [-0.2, 0) is 21.4 Å². The average Bonchev–Trinajstić information content (AvgIpc) is 3.00. The summed E-state index contributed by atoms with van der Waals surface area (Å²) in [7, 11) is -0.984. The minimum absolute atomic E-state index is 0.0177. The fourth-order valence-electron chi connectivity index (χ4n) is 4.75. The zero-order valence-electron chi connectivity index (χ0n) is 25.3. The van der Waals surface area contributed by atoms with Gasteiger partial charge in [0.05, 0.1) is 29.8 Å². The van der Waals surface area contributed by atoms with Crippen molar-refractivity contribution >= 4 is 33.7 Å². The fourth-order valence-corrected chi connectivity index (χ4v) is 6.28. The van der Waals surface area contributed by atoms with Crippen LogP contribution in [0.4, 0.5) is 5.69 Å². The van der Waals surface area contributed by atoms with E-state index in [0.29, 0.717) is 29.0 Å². The van der Waals surface area contributed by atoms with Crippen LogP contribution in [0.2, 0.25) is 0 Å². The lowest BCUT2D eigenvalue weighted by Gasteiger charge is -2.28. The second kappa shape index (κ2) is 15.9. The number of aryl methyl sites for hydroxylation is 1. The van der Waals surface area contributed by atoms with Crippen LogP contribution in [0.15, 0.2) is 71.9 Å². The molecule has 230 valence electrons. The third-order valence-electron chi connectivity index (χ3n) is 7.14. The lowest BCUT2D eigenvalue weighted by atomic mass is 10.0. The van der Waals surface area contributed by atoms with E-state index in [0.717, 1.165) is 23.6 Å². The SMILES string of the molecule is CCCCCCCCN(C)C(=O)C=Cc1cc(C)c(N(Cc2cccnc2)S(=O)(=O)c2ccc(OC)cc2)c(C(=O)O)c1. The van der Waals surface area contributed by atoms with Crippen molar-refractivity contribution in [3.8, 4) is 5.75 Å². The number of sulfonamides is 1. The van der Waals surface area contributed by atoms with Gasteiger partial charge in [0, 0.05) is 32.1 Å². The highest BCUT2D eigenvalue weighted by Gasteiger charge is 2.30. The van der Waals surface area contributed by atoms with Gasteiger partial charge in [-0.15, -0.1) is 0 Å². The number of carboxylic acids is 1. The molecule has 0 fully saturated rings. The van der Waals surface area contributed by atoms with Gasteiger partial charge in [0.1, 0.15) is 5.75 Å². The predicted molar refractivity (Wildman–Crippen MR) is 169 cm³/mol. The Balaban J connectivity index is 1.94. The van der Waals surface area contributed by atoms with E-state index in [9.17, 15) is 23.1 Å². The van der Waals surface area contributed by atoms with Crippen LogP contribution in [-0.4, -0.2) is 56.0 Å². The number of nitrogens with zero attached hydrogens (tertiary/aromatic N) is 3. The third-order valence-corrected chi connectivity index (χ3v) is 8.90. The molecule has 0 unspecified atom stereocenters. The van der Waals surface area contributed by atoms with Gasteiger partial charge in [-0.2, -0.15) is 0 Å². The van der Waals surface area contributed by atoms with E-state index >= 15 is 0 Å². The van der Waals surface area contributed by atoms with Crippen LogP contribution < -0.4 is 9.04 Å². The molecule has 0 radical (unpaired) electrons. The van der Waals surface area contributed by atoms with Gasteiger partial charge in [-0.05, 0) is 78.6 Å². The van der Waals surface area contributed by atoms with Gasteiger partial charge in [0.25, 0.3) is 10.0 Å². The Morgan fingerprint density at radius 1 is 1.02 bits per heavy atom. The molecule has 1 amide bonds. The molecule has 2 aromatic carbocycles. The Bertz CT molecular complexity index is 1510. The van der Waals surface area contributed by atoms with Gasteiger partial charge < -0.3 is 14.7 Å². The molecular formula is C33H41N3O6S. The maximum absolute atomic E-state index is 14.0. The number of anilines is 1.